The highest BCUT2D eigenvalue weighted by atomic mass is 15.3. The summed E-state index contributed by atoms with van der Waals surface area (Å²) >= 11 is 0. The molecule has 0 atom stereocenters. The van der Waals surface area contributed by atoms with Crippen molar-refractivity contribution in [2.75, 3.05) is 6.54 Å². The zero-order valence-corrected chi connectivity index (χ0v) is 7.29. The van der Waals surface area contributed by atoms with Gasteiger partial charge in [0.1, 0.15) is 0 Å². The Balaban J connectivity index is 1.96. The van der Waals surface area contributed by atoms with Crippen molar-refractivity contribution < 1.29 is 0 Å². The van der Waals surface area contributed by atoms with Gasteiger partial charge < -0.3 is 5.73 Å². The van der Waals surface area contributed by atoms with Gasteiger partial charge in [0.05, 0.1) is 11.9 Å². The number of aromatic nitrogens is 3. The van der Waals surface area contributed by atoms with Crippen LogP contribution in [0.4, 0.5) is 0 Å². The maximum absolute atomic E-state index is 5.38. The third kappa shape index (κ3) is 3.48. The van der Waals surface area contributed by atoms with Crippen LogP contribution < -0.4 is 5.73 Å². The number of hydrogen-bond donors (Lipinski definition) is 2. The highest BCUT2D eigenvalue weighted by Crippen LogP contribution is 2.03. The SMILES string of the molecule is NCCCCCCc1cn[nH]n1. The molecule has 68 valence electrons. The third-order valence-corrected chi connectivity index (χ3v) is 1.85. The van der Waals surface area contributed by atoms with Gasteiger partial charge in [-0.25, -0.2) is 0 Å². The monoisotopic (exact) mass is 168 g/mol. The van der Waals surface area contributed by atoms with E-state index in [1.165, 1.54) is 19.3 Å². The molecule has 0 unspecified atom stereocenters. The smallest absolute Gasteiger partial charge is 0.0824 e. The van der Waals surface area contributed by atoms with E-state index in [1.54, 1.807) is 6.20 Å². The molecular formula is C8H16N4. The van der Waals surface area contributed by atoms with Crippen LogP contribution in [0, 0.1) is 0 Å². The summed E-state index contributed by atoms with van der Waals surface area (Å²) in [6.07, 6.45) is 7.60. The Morgan fingerprint density at radius 1 is 1.25 bits per heavy atom. The predicted molar refractivity (Wildman–Crippen MR) is 47.6 cm³/mol. The number of aryl methyl sites for hydroxylation is 1. The molecule has 0 saturated carbocycles. The van der Waals surface area contributed by atoms with Gasteiger partial charge >= 0.3 is 0 Å². The van der Waals surface area contributed by atoms with Crippen LogP contribution in [-0.2, 0) is 6.42 Å². The molecule has 0 amide bonds. The maximum atomic E-state index is 5.38. The lowest BCUT2D eigenvalue weighted by Gasteiger charge is -1.96. The molecule has 1 heterocycles. The summed E-state index contributed by atoms with van der Waals surface area (Å²) in [6, 6.07) is 0. The quantitative estimate of drug-likeness (QED) is 0.619. The minimum absolute atomic E-state index is 0.809. The first-order chi connectivity index (χ1) is 5.93. The lowest BCUT2D eigenvalue weighted by Crippen LogP contribution is -1.97. The van der Waals surface area contributed by atoms with Crippen molar-refractivity contribution in [2.24, 2.45) is 5.73 Å². The fourth-order valence-corrected chi connectivity index (χ4v) is 1.15. The Morgan fingerprint density at radius 2 is 2.08 bits per heavy atom. The number of nitrogens with two attached hydrogens (primary N) is 1. The summed E-state index contributed by atoms with van der Waals surface area (Å²) in [5.41, 5.74) is 6.44. The van der Waals surface area contributed by atoms with Crippen molar-refractivity contribution in [3.63, 3.8) is 0 Å². The zero-order valence-electron chi connectivity index (χ0n) is 7.29. The van der Waals surface area contributed by atoms with Gasteiger partial charge in [-0.2, -0.15) is 15.4 Å². The van der Waals surface area contributed by atoms with Gasteiger partial charge in [-0.1, -0.05) is 12.8 Å². The standard InChI is InChI=1S/C8H16N4/c9-6-4-2-1-3-5-8-7-10-12-11-8/h7H,1-6,9H2,(H,10,11,12). The average Bonchev–Trinajstić information content (AvgIpc) is 2.57. The fourth-order valence-electron chi connectivity index (χ4n) is 1.15. The van der Waals surface area contributed by atoms with Gasteiger partial charge in [0.2, 0.25) is 0 Å². The van der Waals surface area contributed by atoms with Crippen LogP contribution in [0.5, 0.6) is 0 Å². The van der Waals surface area contributed by atoms with Crippen LogP contribution in [0.15, 0.2) is 6.20 Å². The van der Waals surface area contributed by atoms with E-state index < -0.39 is 0 Å². The van der Waals surface area contributed by atoms with Gasteiger partial charge in [-0.05, 0) is 25.8 Å². The minimum atomic E-state index is 0.809. The van der Waals surface area contributed by atoms with Crippen LogP contribution in [-0.4, -0.2) is 22.0 Å². The molecule has 0 aliphatic rings. The van der Waals surface area contributed by atoms with Gasteiger partial charge in [0, 0.05) is 0 Å². The Kier molecular flexibility index (Phi) is 4.37. The topological polar surface area (TPSA) is 67.6 Å². The van der Waals surface area contributed by atoms with Gasteiger partial charge in [-0.3, -0.25) is 0 Å². The van der Waals surface area contributed by atoms with E-state index in [0.29, 0.717) is 0 Å². The van der Waals surface area contributed by atoms with E-state index in [4.69, 9.17) is 5.73 Å². The van der Waals surface area contributed by atoms with Crippen molar-refractivity contribution in [3.05, 3.63) is 11.9 Å². The molecule has 4 heteroatoms. The number of hydrogen-bond acceptors (Lipinski definition) is 3. The van der Waals surface area contributed by atoms with E-state index in [1.807, 2.05) is 0 Å². The van der Waals surface area contributed by atoms with Crippen LogP contribution in [0.25, 0.3) is 0 Å². The molecule has 1 aromatic heterocycles. The summed E-state index contributed by atoms with van der Waals surface area (Å²) in [5.74, 6) is 0. The summed E-state index contributed by atoms with van der Waals surface area (Å²) in [6.45, 7) is 0.809. The summed E-state index contributed by atoms with van der Waals surface area (Å²) in [7, 11) is 0. The van der Waals surface area contributed by atoms with Crippen LogP contribution in [0.3, 0.4) is 0 Å². The van der Waals surface area contributed by atoms with E-state index in [2.05, 4.69) is 15.4 Å². The van der Waals surface area contributed by atoms with Crippen LogP contribution in [0.1, 0.15) is 31.4 Å². The molecule has 0 aliphatic carbocycles. The van der Waals surface area contributed by atoms with Crippen molar-refractivity contribution in [1.29, 1.82) is 0 Å². The first-order valence-electron chi connectivity index (χ1n) is 4.48. The first kappa shape index (κ1) is 9.19. The zero-order chi connectivity index (χ0) is 8.65. The van der Waals surface area contributed by atoms with Crippen LogP contribution in [0.2, 0.25) is 0 Å². The minimum Gasteiger partial charge on any atom is -0.330 e. The molecule has 1 rings (SSSR count). The average molecular weight is 168 g/mol. The Morgan fingerprint density at radius 3 is 2.75 bits per heavy atom. The Bertz CT molecular complexity index is 183. The van der Waals surface area contributed by atoms with Gasteiger partial charge in [0.15, 0.2) is 0 Å². The summed E-state index contributed by atoms with van der Waals surface area (Å²) in [4.78, 5) is 0. The number of rotatable bonds is 6. The van der Waals surface area contributed by atoms with E-state index in [0.717, 1.165) is 25.1 Å². The molecule has 3 N–H and O–H groups in total. The largest absolute Gasteiger partial charge is 0.330 e. The Labute approximate surface area is 72.5 Å². The number of H-pyrrole nitrogens is 1. The molecule has 0 saturated heterocycles. The van der Waals surface area contributed by atoms with Gasteiger partial charge in [-0.15, -0.1) is 0 Å². The molecule has 0 radical (unpaired) electrons. The third-order valence-electron chi connectivity index (χ3n) is 1.85. The predicted octanol–water partition coefficient (Wildman–Crippen LogP) is 0.866. The molecule has 0 bridgehead atoms. The van der Waals surface area contributed by atoms with Crippen molar-refractivity contribution in [3.8, 4) is 0 Å². The van der Waals surface area contributed by atoms with Crippen molar-refractivity contribution in [1.82, 2.24) is 15.4 Å². The molecular weight excluding hydrogens is 152 g/mol. The lowest BCUT2D eigenvalue weighted by molar-refractivity contribution is 0.641. The molecule has 4 nitrogen and oxygen atoms in total. The van der Waals surface area contributed by atoms with Crippen LogP contribution >= 0.6 is 0 Å². The van der Waals surface area contributed by atoms with Crippen molar-refractivity contribution >= 4 is 0 Å². The molecule has 0 fully saturated rings. The first-order valence-corrected chi connectivity index (χ1v) is 4.48. The highest BCUT2D eigenvalue weighted by Gasteiger charge is 1.94. The molecule has 12 heavy (non-hydrogen) atoms. The summed E-state index contributed by atoms with van der Waals surface area (Å²) < 4.78 is 0. The Hall–Kier alpha value is -0.900. The van der Waals surface area contributed by atoms with E-state index in [9.17, 15) is 0 Å². The molecule has 0 aliphatic heterocycles. The fraction of sp³-hybridized carbons (Fsp3) is 0.750. The number of nitrogens with zero attached hydrogens (tertiary/aromatic N) is 2. The molecule has 0 spiro atoms. The normalized spacial score (nSPS) is 10.4. The number of nitrogens with one attached hydrogen (secondary N) is 1. The number of aromatic amines is 1. The lowest BCUT2D eigenvalue weighted by atomic mass is 10.1. The summed E-state index contributed by atoms with van der Waals surface area (Å²) in [5, 5.41) is 10.3. The second-order valence-electron chi connectivity index (χ2n) is 2.91. The molecule has 1 aromatic rings. The number of unbranched alkanes of at least 4 members (excludes halogenated alkanes) is 3. The maximum Gasteiger partial charge on any atom is 0.0824 e. The van der Waals surface area contributed by atoms with Crippen molar-refractivity contribution in [2.45, 2.75) is 32.1 Å². The van der Waals surface area contributed by atoms with E-state index >= 15 is 0 Å². The van der Waals surface area contributed by atoms with E-state index in [-0.39, 0.29) is 0 Å². The highest BCUT2D eigenvalue weighted by molar-refractivity contribution is 4.89. The molecule has 0 aromatic carbocycles. The van der Waals surface area contributed by atoms with Gasteiger partial charge in [0.25, 0.3) is 0 Å². The second-order valence-corrected chi connectivity index (χ2v) is 2.91. The second kappa shape index (κ2) is 5.71.